The van der Waals surface area contributed by atoms with Crippen molar-refractivity contribution in [1.82, 2.24) is 0 Å². The number of nitrogens with zero attached hydrogens (tertiary/aromatic N) is 1. The van der Waals surface area contributed by atoms with Crippen LogP contribution in [0.1, 0.15) is 24.0 Å². The van der Waals surface area contributed by atoms with Gasteiger partial charge in [-0.15, -0.1) is 0 Å². The van der Waals surface area contributed by atoms with E-state index in [1.165, 1.54) is 29.7 Å². The zero-order chi connectivity index (χ0) is 10.1. The lowest BCUT2D eigenvalue weighted by Crippen LogP contribution is -2.19. The van der Waals surface area contributed by atoms with Gasteiger partial charge in [-0.3, -0.25) is 0 Å². The summed E-state index contributed by atoms with van der Waals surface area (Å²) in [6.07, 6.45) is 2.58. The number of aryl methyl sites for hydroxylation is 2. The number of phenols is 1. The van der Waals surface area contributed by atoms with Crippen LogP contribution in [0.25, 0.3) is 0 Å². The molecule has 0 aliphatic carbocycles. The number of anilines is 1. The van der Waals surface area contributed by atoms with Gasteiger partial charge < -0.3 is 10.0 Å². The standard InChI is InChI=1S/C12H17NO/c1-9-7-11(14)8-10(2)12(9)13-5-3-4-6-13/h7-8,14H,3-6H2,1-2H3. The second-order valence-electron chi connectivity index (χ2n) is 4.12. The van der Waals surface area contributed by atoms with Gasteiger partial charge in [0.1, 0.15) is 5.75 Å². The summed E-state index contributed by atoms with van der Waals surface area (Å²) in [4.78, 5) is 2.42. The maximum atomic E-state index is 9.44. The molecule has 0 unspecified atom stereocenters. The largest absolute Gasteiger partial charge is 0.508 e. The summed E-state index contributed by atoms with van der Waals surface area (Å²) in [6, 6.07) is 3.70. The predicted molar refractivity (Wildman–Crippen MR) is 59.0 cm³/mol. The topological polar surface area (TPSA) is 23.5 Å². The average Bonchev–Trinajstić information content (AvgIpc) is 2.54. The zero-order valence-corrected chi connectivity index (χ0v) is 8.88. The molecule has 76 valence electrons. The van der Waals surface area contributed by atoms with E-state index >= 15 is 0 Å². The first-order chi connectivity index (χ1) is 6.68. The summed E-state index contributed by atoms with van der Waals surface area (Å²) in [5.41, 5.74) is 3.69. The lowest BCUT2D eigenvalue weighted by Gasteiger charge is -2.22. The number of hydrogen-bond donors (Lipinski definition) is 1. The summed E-state index contributed by atoms with van der Waals surface area (Å²) in [5.74, 6) is 0.378. The first-order valence-electron chi connectivity index (χ1n) is 5.23. The van der Waals surface area contributed by atoms with Gasteiger partial charge in [-0.1, -0.05) is 0 Å². The molecule has 0 atom stereocenters. The molecule has 1 fully saturated rings. The van der Waals surface area contributed by atoms with E-state index in [0.717, 1.165) is 13.1 Å². The Morgan fingerprint density at radius 1 is 1.07 bits per heavy atom. The molecule has 1 N–H and O–H groups in total. The Bertz CT molecular complexity index is 317. The summed E-state index contributed by atoms with van der Waals surface area (Å²) in [5, 5.41) is 9.44. The van der Waals surface area contributed by atoms with Gasteiger partial charge in [0, 0.05) is 18.8 Å². The number of rotatable bonds is 1. The van der Waals surface area contributed by atoms with E-state index in [4.69, 9.17) is 0 Å². The Morgan fingerprint density at radius 3 is 2.07 bits per heavy atom. The van der Waals surface area contributed by atoms with Crippen LogP contribution in [0.5, 0.6) is 5.75 Å². The summed E-state index contributed by atoms with van der Waals surface area (Å²) < 4.78 is 0. The average molecular weight is 191 g/mol. The highest BCUT2D eigenvalue weighted by molar-refractivity contribution is 5.61. The summed E-state index contributed by atoms with van der Waals surface area (Å²) in [7, 11) is 0. The quantitative estimate of drug-likeness (QED) is 0.737. The van der Waals surface area contributed by atoms with Crippen LogP contribution in [0.3, 0.4) is 0 Å². The van der Waals surface area contributed by atoms with Crippen LogP contribution in [0.2, 0.25) is 0 Å². The zero-order valence-electron chi connectivity index (χ0n) is 8.88. The second-order valence-corrected chi connectivity index (χ2v) is 4.12. The third kappa shape index (κ3) is 1.57. The summed E-state index contributed by atoms with van der Waals surface area (Å²) in [6.45, 7) is 6.46. The Morgan fingerprint density at radius 2 is 1.57 bits per heavy atom. The van der Waals surface area contributed by atoms with Gasteiger partial charge in [0.15, 0.2) is 0 Å². The number of benzene rings is 1. The van der Waals surface area contributed by atoms with Crippen molar-refractivity contribution in [3.8, 4) is 5.75 Å². The van der Waals surface area contributed by atoms with Crippen molar-refractivity contribution < 1.29 is 5.11 Å². The maximum Gasteiger partial charge on any atom is 0.116 e. The number of aromatic hydroxyl groups is 1. The highest BCUT2D eigenvalue weighted by Gasteiger charge is 2.16. The van der Waals surface area contributed by atoms with Gasteiger partial charge in [-0.25, -0.2) is 0 Å². The van der Waals surface area contributed by atoms with Crippen molar-refractivity contribution in [2.24, 2.45) is 0 Å². The Labute approximate surface area is 85.2 Å². The predicted octanol–water partition coefficient (Wildman–Crippen LogP) is 2.61. The van der Waals surface area contributed by atoms with Crippen molar-refractivity contribution in [3.63, 3.8) is 0 Å². The van der Waals surface area contributed by atoms with Crippen LogP contribution in [0, 0.1) is 13.8 Å². The molecule has 1 aliphatic rings. The van der Waals surface area contributed by atoms with Crippen molar-refractivity contribution in [3.05, 3.63) is 23.3 Å². The molecule has 0 amide bonds. The van der Waals surface area contributed by atoms with Crippen LogP contribution in [-0.2, 0) is 0 Å². The molecule has 2 heteroatoms. The monoisotopic (exact) mass is 191 g/mol. The van der Waals surface area contributed by atoms with E-state index in [-0.39, 0.29) is 0 Å². The van der Waals surface area contributed by atoms with E-state index in [0.29, 0.717) is 5.75 Å². The molecule has 0 radical (unpaired) electrons. The minimum Gasteiger partial charge on any atom is -0.508 e. The molecular formula is C12H17NO. The van der Waals surface area contributed by atoms with E-state index in [2.05, 4.69) is 18.7 Å². The SMILES string of the molecule is Cc1cc(O)cc(C)c1N1CCCC1. The lowest BCUT2D eigenvalue weighted by atomic mass is 10.1. The highest BCUT2D eigenvalue weighted by atomic mass is 16.3. The Kier molecular flexibility index (Phi) is 2.36. The maximum absolute atomic E-state index is 9.44. The smallest absolute Gasteiger partial charge is 0.116 e. The van der Waals surface area contributed by atoms with E-state index < -0.39 is 0 Å². The minimum absolute atomic E-state index is 0.378. The molecule has 1 aromatic carbocycles. The van der Waals surface area contributed by atoms with Gasteiger partial charge in [-0.05, 0) is 49.9 Å². The number of phenolic OH excluding ortho intramolecular Hbond substituents is 1. The van der Waals surface area contributed by atoms with Crippen molar-refractivity contribution in [1.29, 1.82) is 0 Å². The Hall–Kier alpha value is -1.18. The molecule has 1 heterocycles. The fraction of sp³-hybridized carbons (Fsp3) is 0.500. The molecule has 1 saturated heterocycles. The van der Waals surface area contributed by atoms with E-state index in [1.54, 1.807) is 0 Å². The molecule has 0 aromatic heterocycles. The van der Waals surface area contributed by atoms with Crippen molar-refractivity contribution in [2.75, 3.05) is 18.0 Å². The highest BCUT2D eigenvalue weighted by Crippen LogP contribution is 2.31. The molecule has 2 rings (SSSR count). The first kappa shape index (κ1) is 9.38. The first-order valence-corrected chi connectivity index (χ1v) is 5.23. The lowest BCUT2D eigenvalue weighted by molar-refractivity contribution is 0.474. The fourth-order valence-corrected chi connectivity index (χ4v) is 2.37. The van der Waals surface area contributed by atoms with Crippen molar-refractivity contribution >= 4 is 5.69 Å². The molecule has 0 saturated carbocycles. The van der Waals surface area contributed by atoms with Crippen LogP contribution < -0.4 is 4.90 Å². The molecular weight excluding hydrogens is 174 g/mol. The van der Waals surface area contributed by atoms with Gasteiger partial charge in [0.05, 0.1) is 0 Å². The second kappa shape index (κ2) is 3.52. The molecule has 0 bridgehead atoms. The van der Waals surface area contributed by atoms with Crippen LogP contribution in [0.15, 0.2) is 12.1 Å². The Balaban J connectivity index is 2.40. The number of hydrogen-bond acceptors (Lipinski definition) is 2. The molecule has 1 aliphatic heterocycles. The van der Waals surface area contributed by atoms with Crippen LogP contribution in [-0.4, -0.2) is 18.2 Å². The third-order valence-corrected chi connectivity index (χ3v) is 2.90. The third-order valence-electron chi connectivity index (χ3n) is 2.90. The molecule has 2 nitrogen and oxygen atoms in total. The van der Waals surface area contributed by atoms with Gasteiger partial charge in [0.25, 0.3) is 0 Å². The fourth-order valence-electron chi connectivity index (χ4n) is 2.37. The van der Waals surface area contributed by atoms with E-state index in [9.17, 15) is 5.11 Å². The minimum atomic E-state index is 0.378. The van der Waals surface area contributed by atoms with Gasteiger partial charge >= 0.3 is 0 Å². The molecule has 0 spiro atoms. The van der Waals surface area contributed by atoms with E-state index in [1.807, 2.05) is 12.1 Å². The van der Waals surface area contributed by atoms with Crippen LogP contribution >= 0.6 is 0 Å². The molecule has 1 aromatic rings. The summed E-state index contributed by atoms with van der Waals surface area (Å²) >= 11 is 0. The van der Waals surface area contributed by atoms with Gasteiger partial charge in [-0.2, -0.15) is 0 Å². The molecule has 14 heavy (non-hydrogen) atoms. The normalized spacial score (nSPS) is 16.3. The van der Waals surface area contributed by atoms with Crippen LogP contribution in [0.4, 0.5) is 5.69 Å². The van der Waals surface area contributed by atoms with Gasteiger partial charge in [0.2, 0.25) is 0 Å². The van der Waals surface area contributed by atoms with Crippen molar-refractivity contribution in [2.45, 2.75) is 26.7 Å².